The summed E-state index contributed by atoms with van der Waals surface area (Å²) in [5.41, 5.74) is 1.41. The quantitative estimate of drug-likeness (QED) is 0.600. The number of pyridine rings is 1. The van der Waals surface area contributed by atoms with Gasteiger partial charge in [-0.3, -0.25) is 0 Å². The molecule has 0 radical (unpaired) electrons. The normalized spacial score (nSPS) is 9.00. The molecule has 0 bridgehead atoms. The Labute approximate surface area is 75.8 Å². The zero-order valence-electron chi connectivity index (χ0n) is 7.37. The van der Waals surface area contributed by atoms with Crippen LogP contribution in [0.5, 0.6) is 0 Å². The highest BCUT2D eigenvalue weighted by Gasteiger charge is 2.08. The van der Waals surface area contributed by atoms with Crippen LogP contribution in [0.1, 0.15) is 21.6 Å². The predicted molar refractivity (Wildman–Crippen MR) is 45.0 cm³/mol. The van der Waals surface area contributed by atoms with Gasteiger partial charge >= 0.3 is 5.97 Å². The lowest BCUT2D eigenvalue weighted by Crippen LogP contribution is -2.04. The zero-order chi connectivity index (χ0) is 9.84. The Balaban J connectivity index is 3.11. The van der Waals surface area contributed by atoms with Crippen molar-refractivity contribution in [3.8, 4) is 6.07 Å². The number of hydrogen-bond acceptors (Lipinski definition) is 4. The second-order valence-corrected chi connectivity index (χ2v) is 2.49. The third-order valence-electron chi connectivity index (χ3n) is 1.63. The summed E-state index contributed by atoms with van der Waals surface area (Å²) < 4.78 is 4.48. The van der Waals surface area contributed by atoms with Crippen molar-refractivity contribution in [2.24, 2.45) is 0 Å². The molecule has 0 saturated carbocycles. The van der Waals surface area contributed by atoms with Gasteiger partial charge in [0.15, 0.2) is 0 Å². The molecule has 0 aromatic carbocycles. The van der Waals surface area contributed by atoms with Crippen molar-refractivity contribution in [1.82, 2.24) is 4.98 Å². The van der Waals surface area contributed by atoms with Crippen LogP contribution in [0, 0.1) is 18.3 Å². The van der Waals surface area contributed by atoms with Crippen molar-refractivity contribution in [3.05, 3.63) is 29.1 Å². The van der Waals surface area contributed by atoms with E-state index < -0.39 is 5.97 Å². The number of nitrogens with zero attached hydrogens (tertiary/aromatic N) is 2. The van der Waals surface area contributed by atoms with E-state index in [1.807, 2.05) is 6.07 Å². The molecule has 0 aliphatic heterocycles. The van der Waals surface area contributed by atoms with E-state index in [0.29, 0.717) is 5.56 Å². The molecule has 0 N–H and O–H groups in total. The summed E-state index contributed by atoms with van der Waals surface area (Å²) in [7, 11) is 1.29. The number of aromatic nitrogens is 1. The average Bonchev–Trinajstić information content (AvgIpc) is 2.16. The minimum atomic E-state index is -0.493. The molecule has 1 aromatic rings. The molecule has 0 unspecified atom stereocenters. The molecular weight excluding hydrogens is 168 g/mol. The van der Waals surface area contributed by atoms with E-state index in [2.05, 4.69) is 9.72 Å². The van der Waals surface area contributed by atoms with Gasteiger partial charge in [-0.25, -0.2) is 9.78 Å². The van der Waals surface area contributed by atoms with Crippen molar-refractivity contribution in [2.75, 3.05) is 7.11 Å². The fourth-order valence-electron chi connectivity index (χ4n) is 0.889. The zero-order valence-corrected chi connectivity index (χ0v) is 7.37. The van der Waals surface area contributed by atoms with Crippen molar-refractivity contribution in [2.45, 2.75) is 6.92 Å². The fourth-order valence-corrected chi connectivity index (χ4v) is 0.889. The molecule has 0 aliphatic carbocycles. The largest absolute Gasteiger partial charge is 0.464 e. The summed E-state index contributed by atoms with van der Waals surface area (Å²) in [4.78, 5) is 14.8. The first-order valence-corrected chi connectivity index (χ1v) is 3.64. The third-order valence-corrected chi connectivity index (χ3v) is 1.63. The van der Waals surface area contributed by atoms with Crippen LogP contribution in [0.2, 0.25) is 0 Å². The summed E-state index contributed by atoms with van der Waals surface area (Å²) in [6, 6.07) is 3.50. The van der Waals surface area contributed by atoms with Crippen LogP contribution in [-0.4, -0.2) is 18.1 Å². The van der Waals surface area contributed by atoms with Gasteiger partial charge in [0.2, 0.25) is 0 Å². The Kier molecular flexibility index (Phi) is 2.60. The van der Waals surface area contributed by atoms with Gasteiger partial charge in [-0.2, -0.15) is 5.26 Å². The van der Waals surface area contributed by atoms with Crippen LogP contribution in [0.15, 0.2) is 12.3 Å². The van der Waals surface area contributed by atoms with E-state index in [9.17, 15) is 4.79 Å². The molecule has 13 heavy (non-hydrogen) atoms. The lowest BCUT2D eigenvalue weighted by molar-refractivity contribution is 0.0594. The van der Waals surface area contributed by atoms with E-state index in [1.165, 1.54) is 19.4 Å². The number of ether oxygens (including phenoxy) is 1. The molecule has 0 spiro atoms. The minimum absolute atomic E-state index is 0.221. The Morgan fingerprint density at radius 2 is 2.38 bits per heavy atom. The monoisotopic (exact) mass is 176 g/mol. The third kappa shape index (κ3) is 1.82. The van der Waals surface area contributed by atoms with Gasteiger partial charge in [0.1, 0.15) is 11.8 Å². The van der Waals surface area contributed by atoms with Gasteiger partial charge < -0.3 is 4.74 Å². The van der Waals surface area contributed by atoms with Crippen LogP contribution in [-0.2, 0) is 4.74 Å². The Bertz CT molecular complexity index is 380. The van der Waals surface area contributed by atoms with Crippen molar-refractivity contribution < 1.29 is 9.53 Å². The maximum atomic E-state index is 11.0. The van der Waals surface area contributed by atoms with Crippen LogP contribution in [0.3, 0.4) is 0 Å². The van der Waals surface area contributed by atoms with Crippen molar-refractivity contribution >= 4 is 5.97 Å². The molecule has 4 heteroatoms. The maximum absolute atomic E-state index is 11.0. The number of hydrogen-bond donors (Lipinski definition) is 0. The minimum Gasteiger partial charge on any atom is -0.464 e. The number of nitriles is 1. The van der Waals surface area contributed by atoms with Crippen LogP contribution in [0.4, 0.5) is 0 Å². The van der Waals surface area contributed by atoms with E-state index >= 15 is 0 Å². The van der Waals surface area contributed by atoms with Gasteiger partial charge in [0.05, 0.1) is 12.7 Å². The second kappa shape index (κ2) is 3.68. The molecule has 0 amide bonds. The van der Waals surface area contributed by atoms with Gasteiger partial charge in [-0.1, -0.05) is 0 Å². The lowest BCUT2D eigenvalue weighted by atomic mass is 10.1. The predicted octanol–water partition coefficient (Wildman–Crippen LogP) is 1.05. The number of methoxy groups -OCH3 is 1. The number of esters is 1. The highest BCUT2D eigenvalue weighted by molar-refractivity contribution is 5.87. The Morgan fingerprint density at radius 3 is 2.85 bits per heavy atom. The molecule has 4 nitrogen and oxygen atoms in total. The first kappa shape index (κ1) is 9.20. The Morgan fingerprint density at radius 1 is 1.69 bits per heavy atom. The molecule has 1 heterocycles. The summed E-state index contributed by atoms with van der Waals surface area (Å²) in [5, 5.41) is 8.60. The van der Waals surface area contributed by atoms with Crippen LogP contribution >= 0.6 is 0 Å². The van der Waals surface area contributed by atoms with E-state index in [0.717, 1.165) is 5.56 Å². The fraction of sp³-hybridized carbons (Fsp3) is 0.222. The summed E-state index contributed by atoms with van der Waals surface area (Å²) in [6.07, 6.45) is 1.36. The van der Waals surface area contributed by atoms with E-state index in [1.54, 1.807) is 6.92 Å². The SMILES string of the molecule is COC(=O)c1cc(C)c(C#N)cn1. The summed E-state index contributed by atoms with van der Waals surface area (Å²) in [6.45, 7) is 1.74. The topological polar surface area (TPSA) is 63.0 Å². The first-order chi connectivity index (χ1) is 6.19. The number of aryl methyl sites for hydroxylation is 1. The van der Waals surface area contributed by atoms with Crippen LogP contribution < -0.4 is 0 Å². The highest BCUT2D eigenvalue weighted by Crippen LogP contribution is 2.07. The van der Waals surface area contributed by atoms with Gasteiger partial charge in [0.25, 0.3) is 0 Å². The molecule has 66 valence electrons. The van der Waals surface area contributed by atoms with Gasteiger partial charge in [0, 0.05) is 6.20 Å². The van der Waals surface area contributed by atoms with Crippen molar-refractivity contribution in [3.63, 3.8) is 0 Å². The second-order valence-electron chi connectivity index (χ2n) is 2.49. The van der Waals surface area contributed by atoms with E-state index in [4.69, 9.17) is 5.26 Å². The molecular formula is C9H8N2O2. The molecule has 0 saturated heterocycles. The maximum Gasteiger partial charge on any atom is 0.356 e. The molecule has 1 rings (SSSR count). The molecule has 0 atom stereocenters. The molecule has 0 fully saturated rings. The van der Waals surface area contributed by atoms with Gasteiger partial charge in [-0.15, -0.1) is 0 Å². The first-order valence-electron chi connectivity index (χ1n) is 3.64. The standard InChI is InChI=1S/C9H8N2O2/c1-6-3-8(9(12)13-2)11-5-7(6)4-10/h3,5H,1-2H3. The number of carbonyl (C=O) groups is 1. The molecule has 1 aromatic heterocycles. The average molecular weight is 176 g/mol. The Hall–Kier alpha value is -1.89. The summed E-state index contributed by atoms with van der Waals surface area (Å²) >= 11 is 0. The number of carbonyl (C=O) groups excluding carboxylic acids is 1. The van der Waals surface area contributed by atoms with Crippen LogP contribution in [0.25, 0.3) is 0 Å². The summed E-state index contributed by atoms with van der Waals surface area (Å²) in [5.74, 6) is -0.493. The van der Waals surface area contributed by atoms with Crippen molar-refractivity contribution in [1.29, 1.82) is 5.26 Å². The number of rotatable bonds is 1. The highest BCUT2D eigenvalue weighted by atomic mass is 16.5. The van der Waals surface area contributed by atoms with E-state index in [-0.39, 0.29) is 5.69 Å². The smallest absolute Gasteiger partial charge is 0.356 e. The van der Waals surface area contributed by atoms with Gasteiger partial charge in [-0.05, 0) is 18.6 Å². The molecule has 0 aliphatic rings. The lowest BCUT2D eigenvalue weighted by Gasteiger charge is -2.00.